The molecule has 2 aromatic rings. The molecule has 6 nitrogen and oxygen atoms in total. The van der Waals surface area contributed by atoms with E-state index in [2.05, 4.69) is 10.2 Å². The van der Waals surface area contributed by atoms with Crippen molar-refractivity contribution < 1.29 is 19.1 Å². The maximum absolute atomic E-state index is 11.3. The monoisotopic (exact) mass is 320 g/mol. The average Bonchev–Trinajstić information content (AvgIpc) is 2.85. The lowest BCUT2D eigenvalue weighted by Crippen LogP contribution is -2.05. The molecule has 22 heavy (non-hydrogen) atoms. The summed E-state index contributed by atoms with van der Waals surface area (Å²) in [5.74, 6) is 0.0787. The number of carboxylic acid groups (broad SMARTS) is 1. The van der Waals surface area contributed by atoms with Crippen molar-refractivity contribution in [3.63, 3.8) is 0 Å². The highest BCUT2D eigenvalue weighted by molar-refractivity contribution is 8.03. The van der Waals surface area contributed by atoms with Crippen molar-refractivity contribution in [1.82, 2.24) is 10.2 Å². The molecule has 1 N–H and O–H groups in total. The Morgan fingerprint density at radius 3 is 2.50 bits per heavy atom. The SMILES string of the molecule is Cc1nnc(S/C(=C\c2ccc(OC(C)C)cc2)C(=O)O)o1. The summed E-state index contributed by atoms with van der Waals surface area (Å²) in [6.07, 6.45) is 1.64. The van der Waals surface area contributed by atoms with Gasteiger partial charge in [0.25, 0.3) is 5.22 Å². The molecule has 0 aliphatic heterocycles. The summed E-state index contributed by atoms with van der Waals surface area (Å²) in [6, 6.07) is 7.18. The summed E-state index contributed by atoms with van der Waals surface area (Å²) in [5, 5.41) is 16.9. The van der Waals surface area contributed by atoms with E-state index in [-0.39, 0.29) is 16.2 Å². The first-order valence-corrected chi connectivity index (χ1v) is 7.45. The molecule has 2 rings (SSSR count). The van der Waals surface area contributed by atoms with Crippen LogP contribution in [0.15, 0.2) is 38.8 Å². The molecule has 0 unspecified atom stereocenters. The predicted octanol–water partition coefficient (Wildman–Crippen LogP) is 3.38. The first-order chi connectivity index (χ1) is 10.4. The van der Waals surface area contributed by atoms with E-state index < -0.39 is 5.97 Å². The number of benzene rings is 1. The first kappa shape index (κ1) is 16.1. The number of hydrogen-bond donors (Lipinski definition) is 1. The van der Waals surface area contributed by atoms with Crippen LogP contribution in [0.5, 0.6) is 5.75 Å². The lowest BCUT2D eigenvalue weighted by Gasteiger charge is -2.09. The lowest BCUT2D eigenvalue weighted by atomic mass is 10.2. The van der Waals surface area contributed by atoms with Crippen molar-refractivity contribution in [1.29, 1.82) is 0 Å². The van der Waals surface area contributed by atoms with Crippen LogP contribution >= 0.6 is 11.8 Å². The summed E-state index contributed by atoms with van der Waals surface area (Å²) in [5.41, 5.74) is 0.747. The third-order valence-electron chi connectivity index (χ3n) is 2.47. The van der Waals surface area contributed by atoms with E-state index in [9.17, 15) is 9.90 Å². The van der Waals surface area contributed by atoms with Crippen LogP contribution < -0.4 is 4.74 Å². The standard InChI is InChI=1S/C15H16N2O4S/c1-9(2)20-12-6-4-11(5-7-12)8-13(14(18)19)22-15-17-16-10(3)21-15/h4-9H,1-3H3,(H,18,19)/b13-8-. The highest BCUT2D eigenvalue weighted by atomic mass is 32.2. The van der Waals surface area contributed by atoms with E-state index in [0.29, 0.717) is 5.89 Å². The zero-order chi connectivity index (χ0) is 16.1. The number of thioether (sulfide) groups is 1. The molecular formula is C15H16N2O4S. The minimum absolute atomic E-state index is 0.0901. The number of ether oxygens (including phenoxy) is 1. The van der Waals surface area contributed by atoms with E-state index in [1.807, 2.05) is 13.8 Å². The van der Waals surface area contributed by atoms with Gasteiger partial charge in [0.1, 0.15) is 10.7 Å². The average molecular weight is 320 g/mol. The molecule has 0 aliphatic rings. The number of carbonyl (C=O) groups is 1. The fraction of sp³-hybridized carbons (Fsp3) is 0.267. The van der Waals surface area contributed by atoms with Gasteiger partial charge in [-0.05, 0) is 49.4 Å². The molecule has 116 valence electrons. The molecular weight excluding hydrogens is 304 g/mol. The molecule has 0 fully saturated rings. The number of nitrogens with zero attached hydrogens (tertiary/aromatic N) is 2. The largest absolute Gasteiger partial charge is 0.491 e. The van der Waals surface area contributed by atoms with Gasteiger partial charge in [-0.15, -0.1) is 10.2 Å². The van der Waals surface area contributed by atoms with Gasteiger partial charge < -0.3 is 14.3 Å². The number of hydrogen-bond acceptors (Lipinski definition) is 6. The molecule has 1 heterocycles. The third-order valence-corrected chi connectivity index (χ3v) is 3.32. The minimum atomic E-state index is -1.05. The Kier molecular flexibility index (Phi) is 5.21. The molecule has 0 atom stereocenters. The summed E-state index contributed by atoms with van der Waals surface area (Å²) < 4.78 is 10.7. The molecule has 0 radical (unpaired) electrons. The van der Waals surface area contributed by atoms with Crippen LogP contribution in [-0.4, -0.2) is 27.4 Å². The zero-order valence-corrected chi connectivity index (χ0v) is 13.3. The Hall–Kier alpha value is -2.28. The Morgan fingerprint density at radius 2 is 2.00 bits per heavy atom. The van der Waals surface area contributed by atoms with Gasteiger partial charge in [0, 0.05) is 6.92 Å². The van der Waals surface area contributed by atoms with Gasteiger partial charge in [-0.3, -0.25) is 0 Å². The summed E-state index contributed by atoms with van der Waals surface area (Å²) in [6.45, 7) is 5.54. The van der Waals surface area contributed by atoms with Crippen molar-refractivity contribution in [3.8, 4) is 5.75 Å². The fourth-order valence-corrected chi connectivity index (χ4v) is 2.33. The molecule has 0 saturated carbocycles. The van der Waals surface area contributed by atoms with Crippen LogP contribution in [0.3, 0.4) is 0 Å². The maximum Gasteiger partial charge on any atom is 0.342 e. The van der Waals surface area contributed by atoms with Crippen LogP contribution in [0.4, 0.5) is 0 Å². The highest BCUT2D eigenvalue weighted by Gasteiger charge is 2.14. The van der Waals surface area contributed by atoms with Crippen molar-refractivity contribution in [2.45, 2.75) is 32.1 Å². The van der Waals surface area contributed by atoms with Crippen molar-refractivity contribution in [2.75, 3.05) is 0 Å². The number of aliphatic carboxylic acids is 1. The number of rotatable bonds is 6. The number of carboxylic acids is 1. The summed E-state index contributed by atoms with van der Waals surface area (Å²) in [4.78, 5) is 11.4. The second kappa shape index (κ2) is 7.13. The Balaban J connectivity index is 2.17. The van der Waals surface area contributed by atoms with Gasteiger partial charge in [-0.25, -0.2) is 4.79 Å². The summed E-state index contributed by atoms with van der Waals surface area (Å²) in [7, 11) is 0. The van der Waals surface area contributed by atoms with Crippen LogP contribution in [0, 0.1) is 6.92 Å². The fourth-order valence-electron chi connectivity index (χ4n) is 1.61. The van der Waals surface area contributed by atoms with Crippen LogP contribution in [-0.2, 0) is 4.79 Å². The normalized spacial score (nSPS) is 11.7. The molecule has 0 saturated heterocycles. The molecule has 0 amide bonds. The molecule has 0 bridgehead atoms. The van der Waals surface area contributed by atoms with Gasteiger partial charge >= 0.3 is 5.97 Å². The van der Waals surface area contributed by atoms with Gasteiger partial charge in [0.15, 0.2) is 0 Å². The van der Waals surface area contributed by atoms with E-state index >= 15 is 0 Å². The number of aromatic nitrogens is 2. The Morgan fingerprint density at radius 1 is 1.32 bits per heavy atom. The minimum Gasteiger partial charge on any atom is -0.491 e. The zero-order valence-electron chi connectivity index (χ0n) is 12.4. The van der Waals surface area contributed by atoms with E-state index in [0.717, 1.165) is 23.1 Å². The molecule has 0 spiro atoms. The number of aryl methyl sites for hydroxylation is 1. The van der Waals surface area contributed by atoms with Crippen molar-refractivity contribution in [3.05, 3.63) is 40.6 Å². The Bertz CT molecular complexity index is 677. The van der Waals surface area contributed by atoms with Crippen LogP contribution in [0.2, 0.25) is 0 Å². The van der Waals surface area contributed by atoms with Gasteiger partial charge in [-0.1, -0.05) is 12.1 Å². The van der Waals surface area contributed by atoms with E-state index in [1.54, 1.807) is 37.3 Å². The molecule has 7 heteroatoms. The van der Waals surface area contributed by atoms with Crippen molar-refractivity contribution in [2.24, 2.45) is 0 Å². The Labute approximate surface area is 132 Å². The second-order valence-electron chi connectivity index (χ2n) is 4.74. The molecule has 1 aromatic heterocycles. The van der Waals surface area contributed by atoms with Gasteiger partial charge in [0.2, 0.25) is 5.89 Å². The first-order valence-electron chi connectivity index (χ1n) is 6.63. The second-order valence-corrected chi connectivity index (χ2v) is 5.73. The predicted molar refractivity (Wildman–Crippen MR) is 82.7 cm³/mol. The summed E-state index contributed by atoms with van der Waals surface area (Å²) >= 11 is 0.917. The molecule has 0 aliphatic carbocycles. The van der Waals surface area contributed by atoms with E-state index in [4.69, 9.17) is 9.15 Å². The van der Waals surface area contributed by atoms with Crippen molar-refractivity contribution >= 4 is 23.8 Å². The van der Waals surface area contributed by atoms with Crippen LogP contribution in [0.1, 0.15) is 25.3 Å². The topological polar surface area (TPSA) is 85.5 Å². The quantitative estimate of drug-likeness (QED) is 0.645. The van der Waals surface area contributed by atoms with Crippen LogP contribution in [0.25, 0.3) is 6.08 Å². The van der Waals surface area contributed by atoms with Gasteiger partial charge in [0.05, 0.1) is 6.10 Å². The highest BCUT2D eigenvalue weighted by Crippen LogP contribution is 2.27. The third kappa shape index (κ3) is 4.63. The maximum atomic E-state index is 11.3. The molecule has 1 aromatic carbocycles. The van der Waals surface area contributed by atoms with Gasteiger partial charge in [-0.2, -0.15) is 0 Å². The smallest absolute Gasteiger partial charge is 0.342 e. The van der Waals surface area contributed by atoms with E-state index in [1.165, 1.54) is 0 Å². The lowest BCUT2D eigenvalue weighted by molar-refractivity contribution is -0.131.